The van der Waals surface area contributed by atoms with Crippen LogP contribution in [0.2, 0.25) is 0 Å². The standard InChI is InChI=1S/C50H31N5O/c1-4-16-33(17-5-1)47-52-48(34-18-6-2-7-19-34)54-49(53-47)35-30-28-32(29-31-35)37-22-10-11-23-38(37)45-46-43(39-24-12-14-26-41(39)51-45)44-40-25-13-15-27-42(40)55(50(44)56-46)36-20-8-3-9-21-36/h1-31H. The molecule has 56 heavy (non-hydrogen) atoms. The van der Waals surface area contributed by atoms with Gasteiger partial charge < -0.3 is 4.42 Å². The van der Waals surface area contributed by atoms with Crippen molar-refractivity contribution in [1.82, 2.24) is 24.5 Å². The molecule has 0 aliphatic rings. The van der Waals surface area contributed by atoms with Crippen molar-refractivity contribution in [1.29, 1.82) is 0 Å². The summed E-state index contributed by atoms with van der Waals surface area (Å²) in [6.07, 6.45) is 0. The number of aromatic nitrogens is 5. The Balaban J connectivity index is 1.09. The highest BCUT2D eigenvalue weighted by Crippen LogP contribution is 2.46. The smallest absolute Gasteiger partial charge is 0.213 e. The molecule has 6 nitrogen and oxygen atoms in total. The topological polar surface area (TPSA) is 69.6 Å². The monoisotopic (exact) mass is 717 g/mol. The van der Waals surface area contributed by atoms with E-state index < -0.39 is 0 Å². The molecule has 0 N–H and O–H groups in total. The molecule has 0 amide bonds. The molecule has 262 valence electrons. The fourth-order valence-electron chi connectivity index (χ4n) is 7.89. The molecule has 0 saturated carbocycles. The molecule has 0 aliphatic heterocycles. The van der Waals surface area contributed by atoms with E-state index in [2.05, 4.69) is 120 Å². The lowest BCUT2D eigenvalue weighted by atomic mass is 9.95. The lowest BCUT2D eigenvalue weighted by Gasteiger charge is -2.13. The van der Waals surface area contributed by atoms with Gasteiger partial charge in [-0.05, 0) is 35.4 Å². The summed E-state index contributed by atoms with van der Waals surface area (Å²) in [4.78, 5) is 20.1. The zero-order valence-electron chi connectivity index (χ0n) is 30.0. The van der Waals surface area contributed by atoms with Crippen molar-refractivity contribution < 1.29 is 4.42 Å². The van der Waals surface area contributed by atoms with Crippen LogP contribution in [0, 0.1) is 0 Å². The van der Waals surface area contributed by atoms with Crippen LogP contribution in [-0.4, -0.2) is 24.5 Å². The van der Waals surface area contributed by atoms with Crippen molar-refractivity contribution in [2.75, 3.05) is 0 Å². The van der Waals surface area contributed by atoms with E-state index in [9.17, 15) is 0 Å². The van der Waals surface area contributed by atoms with Gasteiger partial charge in [-0.25, -0.2) is 19.9 Å². The SMILES string of the molecule is c1ccc(-c2nc(-c3ccccc3)nc(-c3ccc(-c4ccccc4-c4nc5ccccc5c5c4oc4c5c5ccccc5n4-c4ccccc4)cc3)n2)cc1. The second-order valence-electron chi connectivity index (χ2n) is 13.8. The molecule has 0 atom stereocenters. The fourth-order valence-corrected chi connectivity index (χ4v) is 7.89. The lowest BCUT2D eigenvalue weighted by Crippen LogP contribution is -2.00. The molecule has 0 radical (unpaired) electrons. The van der Waals surface area contributed by atoms with E-state index in [1.807, 2.05) is 72.8 Å². The van der Waals surface area contributed by atoms with Crippen LogP contribution in [0.25, 0.3) is 106 Å². The molecule has 11 rings (SSSR count). The number of pyridine rings is 1. The summed E-state index contributed by atoms with van der Waals surface area (Å²) in [5, 5.41) is 4.35. The molecule has 6 heteroatoms. The third kappa shape index (κ3) is 5.19. The van der Waals surface area contributed by atoms with Crippen molar-refractivity contribution in [3.05, 3.63) is 188 Å². The van der Waals surface area contributed by atoms with Gasteiger partial charge >= 0.3 is 0 Å². The predicted octanol–water partition coefficient (Wildman–Crippen LogP) is 12.6. The van der Waals surface area contributed by atoms with E-state index in [0.29, 0.717) is 17.5 Å². The van der Waals surface area contributed by atoms with E-state index in [-0.39, 0.29) is 0 Å². The maximum Gasteiger partial charge on any atom is 0.213 e. The van der Waals surface area contributed by atoms with Gasteiger partial charge in [0.25, 0.3) is 0 Å². The van der Waals surface area contributed by atoms with Crippen molar-refractivity contribution in [2.45, 2.75) is 0 Å². The molecule has 7 aromatic carbocycles. The van der Waals surface area contributed by atoms with Gasteiger partial charge in [-0.2, -0.15) is 0 Å². The number of hydrogen-bond donors (Lipinski definition) is 0. The summed E-state index contributed by atoms with van der Waals surface area (Å²) in [6, 6.07) is 64.3. The number of nitrogens with zero attached hydrogens (tertiary/aromatic N) is 5. The van der Waals surface area contributed by atoms with Gasteiger partial charge in [0.1, 0.15) is 5.69 Å². The summed E-state index contributed by atoms with van der Waals surface area (Å²) in [7, 11) is 0. The highest BCUT2D eigenvalue weighted by Gasteiger charge is 2.25. The van der Waals surface area contributed by atoms with Crippen LogP contribution in [0.5, 0.6) is 0 Å². The second-order valence-corrected chi connectivity index (χ2v) is 13.8. The summed E-state index contributed by atoms with van der Waals surface area (Å²) < 4.78 is 9.28. The molecular formula is C50H31N5O. The average molecular weight is 718 g/mol. The van der Waals surface area contributed by atoms with Crippen LogP contribution in [0.3, 0.4) is 0 Å². The Morgan fingerprint density at radius 3 is 1.54 bits per heavy atom. The third-order valence-corrected chi connectivity index (χ3v) is 10.5. The summed E-state index contributed by atoms with van der Waals surface area (Å²) >= 11 is 0. The van der Waals surface area contributed by atoms with Crippen LogP contribution in [0.15, 0.2) is 192 Å². The van der Waals surface area contributed by atoms with E-state index in [0.717, 1.165) is 88.6 Å². The number of rotatable bonds is 6. The lowest BCUT2D eigenvalue weighted by molar-refractivity contribution is 0.645. The number of hydrogen-bond acceptors (Lipinski definition) is 5. The maximum atomic E-state index is 7.06. The maximum absolute atomic E-state index is 7.06. The Labute approximate surface area is 322 Å². The Morgan fingerprint density at radius 2 is 0.875 bits per heavy atom. The molecule has 0 spiro atoms. The highest BCUT2D eigenvalue weighted by molar-refractivity contribution is 6.28. The molecule has 4 aromatic heterocycles. The molecule has 0 aliphatic carbocycles. The summed E-state index contributed by atoms with van der Waals surface area (Å²) in [6.45, 7) is 0. The molecule has 0 bridgehead atoms. The minimum atomic E-state index is 0.615. The van der Waals surface area contributed by atoms with Gasteiger partial charge in [0.05, 0.1) is 16.4 Å². The first-order valence-corrected chi connectivity index (χ1v) is 18.7. The zero-order chi connectivity index (χ0) is 37.0. The first-order valence-electron chi connectivity index (χ1n) is 18.7. The van der Waals surface area contributed by atoms with Crippen molar-refractivity contribution in [3.8, 4) is 62.2 Å². The molecule has 0 unspecified atom stereocenters. The largest absolute Gasteiger partial charge is 0.437 e. The first-order chi connectivity index (χ1) is 27.8. The van der Waals surface area contributed by atoms with Crippen LogP contribution in [-0.2, 0) is 0 Å². The molecule has 0 saturated heterocycles. The van der Waals surface area contributed by atoms with Crippen molar-refractivity contribution in [2.24, 2.45) is 0 Å². The zero-order valence-corrected chi connectivity index (χ0v) is 30.0. The third-order valence-electron chi connectivity index (χ3n) is 10.5. The van der Waals surface area contributed by atoms with E-state index in [4.69, 9.17) is 24.4 Å². The molecule has 0 fully saturated rings. The van der Waals surface area contributed by atoms with Gasteiger partial charge in [-0.15, -0.1) is 0 Å². The number of furan rings is 1. The van der Waals surface area contributed by atoms with Gasteiger partial charge in [0.2, 0.25) is 5.71 Å². The van der Waals surface area contributed by atoms with Crippen LogP contribution in [0.1, 0.15) is 0 Å². The minimum absolute atomic E-state index is 0.615. The summed E-state index contributed by atoms with van der Waals surface area (Å²) in [5.41, 5.74) is 11.3. The average Bonchev–Trinajstić information content (AvgIpc) is 3.82. The number of para-hydroxylation sites is 3. The van der Waals surface area contributed by atoms with Crippen LogP contribution in [0.4, 0.5) is 0 Å². The number of benzene rings is 7. The van der Waals surface area contributed by atoms with Gasteiger partial charge in [-0.3, -0.25) is 4.57 Å². The van der Waals surface area contributed by atoms with Gasteiger partial charge in [0.15, 0.2) is 23.1 Å². The van der Waals surface area contributed by atoms with Gasteiger partial charge in [0, 0.05) is 44.1 Å². The Morgan fingerprint density at radius 1 is 0.375 bits per heavy atom. The van der Waals surface area contributed by atoms with Gasteiger partial charge in [-0.1, -0.05) is 164 Å². The molecular weight excluding hydrogens is 687 g/mol. The Kier molecular flexibility index (Phi) is 7.38. The minimum Gasteiger partial charge on any atom is -0.437 e. The van der Waals surface area contributed by atoms with Crippen molar-refractivity contribution in [3.63, 3.8) is 0 Å². The Bertz CT molecular complexity index is 3170. The number of fused-ring (bicyclic) bond motifs is 7. The molecule has 4 heterocycles. The fraction of sp³-hybridized carbons (Fsp3) is 0. The quantitative estimate of drug-likeness (QED) is 0.171. The summed E-state index contributed by atoms with van der Waals surface area (Å²) in [5.74, 6) is 1.88. The van der Waals surface area contributed by atoms with Crippen molar-refractivity contribution >= 4 is 43.9 Å². The predicted molar refractivity (Wildman–Crippen MR) is 226 cm³/mol. The normalized spacial score (nSPS) is 11.6. The van der Waals surface area contributed by atoms with Crippen LogP contribution < -0.4 is 0 Å². The Hall–Kier alpha value is -7.70. The van der Waals surface area contributed by atoms with E-state index in [1.54, 1.807) is 0 Å². The second kappa shape index (κ2) is 13.0. The van der Waals surface area contributed by atoms with E-state index >= 15 is 0 Å². The first kappa shape index (κ1) is 31.8. The highest BCUT2D eigenvalue weighted by atomic mass is 16.3. The molecule has 11 aromatic rings. The van der Waals surface area contributed by atoms with E-state index in [1.165, 1.54) is 0 Å². The van der Waals surface area contributed by atoms with Crippen LogP contribution >= 0.6 is 0 Å².